The molecule has 0 fully saturated rings. The smallest absolute Gasteiger partial charge is 0.162 e. The summed E-state index contributed by atoms with van der Waals surface area (Å²) in [4.78, 5) is 4.28. The molecule has 0 radical (unpaired) electrons. The number of hydrogen-bond donors (Lipinski definition) is 1. The van der Waals surface area contributed by atoms with Gasteiger partial charge in [-0.1, -0.05) is 18.2 Å². The van der Waals surface area contributed by atoms with Crippen LogP contribution in [-0.4, -0.2) is 4.98 Å². The van der Waals surface area contributed by atoms with Gasteiger partial charge in [-0.15, -0.1) is 0 Å². The van der Waals surface area contributed by atoms with Crippen LogP contribution >= 0.6 is 0 Å². The normalized spacial score (nSPS) is 10.8. The van der Waals surface area contributed by atoms with Crippen molar-refractivity contribution in [2.24, 2.45) is 0 Å². The first-order chi connectivity index (χ1) is 10.1. The monoisotopic (exact) mass is 286 g/mol. The predicted octanol–water partition coefficient (Wildman–Crippen LogP) is 3.67. The van der Waals surface area contributed by atoms with Crippen molar-refractivity contribution < 1.29 is 13.5 Å². The number of halogens is 2. The second kappa shape index (κ2) is 5.36. The summed E-state index contributed by atoms with van der Waals surface area (Å²) < 4.78 is 31.4. The number of fused-ring (bicyclic) bond motifs is 1. The van der Waals surface area contributed by atoms with E-state index in [1.165, 1.54) is 6.07 Å². The molecule has 0 unspecified atom stereocenters. The lowest BCUT2D eigenvalue weighted by atomic mass is 10.1. The van der Waals surface area contributed by atoms with E-state index in [2.05, 4.69) is 4.98 Å². The molecule has 0 saturated heterocycles. The van der Waals surface area contributed by atoms with Crippen LogP contribution in [0.5, 0.6) is 5.75 Å². The molecule has 21 heavy (non-hydrogen) atoms. The number of ether oxygens (including phenoxy) is 1. The summed E-state index contributed by atoms with van der Waals surface area (Å²) in [5, 5.41) is 0.940. The maximum atomic E-state index is 13.1. The van der Waals surface area contributed by atoms with Gasteiger partial charge >= 0.3 is 0 Å². The van der Waals surface area contributed by atoms with Gasteiger partial charge < -0.3 is 10.5 Å². The molecule has 0 saturated carbocycles. The van der Waals surface area contributed by atoms with Gasteiger partial charge in [0.2, 0.25) is 0 Å². The number of nitrogen functional groups attached to an aromatic ring is 1. The van der Waals surface area contributed by atoms with Crippen LogP contribution in [0.15, 0.2) is 48.5 Å². The molecule has 3 nitrogen and oxygen atoms in total. The van der Waals surface area contributed by atoms with Crippen LogP contribution in [0.2, 0.25) is 0 Å². The zero-order chi connectivity index (χ0) is 14.8. The number of benzene rings is 2. The molecule has 0 bridgehead atoms. The molecular formula is C16H12F2N2O. The zero-order valence-corrected chi connectivity index (χ0v) is 11.0. The average Bonchev–Trinajstić information content (AvgIpc) is 2.48. The Morgan fingerprint density at radius 2 is 1.81 bits per heavy atom. The second-order valence-electron chi connectivity index (χ2n) is 4.59. The van der Waals surface area contributed by atoms with E-state index in [1.807, 2.05) is 30.3 Å². The van der Waals surface area contributed by atoms with E-state index in [0.29, 0.717) is 11.4 Å². The van der Waals surface area contributed by atoms with Crippen molar-refractivity contribution in [1.29, 1.82) is 0 Å². The highest BCUT2D eigenvalue weighted by Crippen LogP contribution is 2.21. The van der Waals surface area contributed by atoms with Gasteiger partial charge in [0, 0.05) is 17.0 Å². The van der Waals surface area contributed by atoms with Crippen molar-refractivity contribution in [3.63, 3.8) is 0 Å². The molecule has 106 valence electrons. The Morgan fingerprint density at radius 3 is 2.62 bits per heavy atom. The molecule has 3 aromatic rings. The van der Waals surface area contributed by atoms with Crippen LogP contribution in [-0.2, 0) is 6.61 Å². The molecule has 0 amide bonds. The number of nitrogens with two attached hydrogens (primary N) is 1. The first-order valence-electron chi connectivity index (χ1n) is 6.35. The van der Waals surface area contributed by atoms with Gasteiger partial charge in [-0.3, -0.25) is 0 Å². The molecule has 0 aliphatic carbocycles. The van der Waals surface area contributed by atoms with E-state index in [1.54, 1.807) is 0 Å². The summed E-state index contributed by atoms with van der Waals surface area (Å²) in [6.45, 7) is 0.134. The number of rotatable bonds is 3. The van der Waals surface area contributed by atoms with Crippen LogP contribution in [0.25, 0.3) is 10.9 Å². The van der Waals surface area contributed by atoms with Crippen molar-refractivity contribution in [3.05, 3.63) is 65.7 Å². The van der Waals surface area contributed by atoms with E-state index in [9.17, 15) is 8.78 Å². The number of aromatic nitrogens is 1. The van der Waals surface area contributed by atoms with E-state index in [0.717, 1.165) is 23.0 Å². The molecule has 1 aromatic heterocycles. The Bertz CT molecular complexity index is 805. The van der Waals surface area contributed by atoms with E-state index < -0.39 is 11.6 Å². The molecule has 0 spiro atoms. The van der Waals surface area contributed by atoms with E-state index in [-0.39, 0.29) is 12.4 Å². The standard InChI is InChI=1S/C16H12F2N2O/c17-13-6-5-12(8-14(13)18)21-9-11-7-10-3-1-2-4-15(10)20-16(11)19/h1-8H,9H2,(H2,19,20). The van der Waals surface area contributed by atoms with Gasteiger partial charge in [0.1, 0.15) is 18.2 Å². The number of pyridine rings is 1. The number of hydrogen-bond acceptors (Lipinski definition) is 3. The van der Waals surface area contributed by atoms with Crippen molar-refractivity contribution in [2.75, 3.05) is 5.73 Å². The van der Waals surface area contributed by atoms with Crippen molar-refractivity contribution >= 4 is 16.7 Å². The maximum Gasteiger partial charge on any atom is 0.162 e. The number of anilines is 1. The Hall–Kier alpha value is -2.69. The summed E-state index contributed by atoms with van der Waals surface area (Å²) in [5.74, 6) is -1.26. The quantitative estimate of drug-likeness (QED) is 0.799. The minimum atomic E-state index is -0.947. The van der Waals surface area contributed by atoms with E-state index >= 15 is 0 Å². The van der Waals surface area contributed by atoms with Gasteiger partial charge in [0.15, 0.2) is 11.6 Å². The first-order valence-corrected chi connectivity index (χ1v) is 6.35. The number of para-hydroxylation sites is 1. The average molecular weight is 286 g/mol. The lowest BCUT2D eigenvalue weighted by molar-refractivity contribution is 0.304. The van der Waals surface area contributed by atoms with Crippen LogP contribution < -0.4 is 10.5 Å². The Morgan fingerprint density at radius 1 is 1.00 bits per heavy atom. The Labute approximate surface area is 120 Å². The molecule has 0 atom stereocenters. The fourth-order valence-corrected chi connectivity index (χ4v) is 2.02. The van der Waals surface area contributed by atoms with E-state index in [4.69, 9.17) is 10.5 Å². The molecule has 2 N–H and O–H groups in total. The van der Waals surface area contributed by atoms with Crippen molar-refractivity contribution in [3.8, 4) is 5.75 Å². The molecule has 1 heterocycles. The molecular weight excluding hydrogens is 274 g/mol. The topological polar surface area (TPSA) is 48.1 Å². The van der Waals surface area contributed by atoms with Crippen LogP contribution in [0.1, 0.15) is 5.56 Å². The second-order valence-corrected chi connectivity index (χ2v) is 4.59. The fourth-order valence-electron chi connectivity index (χ4n) is 2.02. The van der Waals surface area contributed by atoms with Gasteiger partial charge in [-0.2, -0.15) is 0 Å². The highest BCUT2D eigenvalue weighted by atomic mass is 19.2. The largest absolute Gasteiger partial charge is 0.489 e. The maximum absolute atomic E-state index is 13.1. The third kappa shape index (κ3) is 2.76. The van der Waals surface area contributed by atoms with Gasteiger partial charge in [-0.25, -0.2) is 13.8 Å². The molecule has 3 rings (SSSR count). The Balaban J connectivity index is 1.84. The minimum Gasteiger partial charge on any atom is -0.489 e. The van der Waals surface area contributed by atoms with Gasteiger partial charge in [0.25, 0.3) is 0 Å². The van der Waals surface area contributed by atoms with Gasteiger partial charge in [-0.05, 0) is 24.3 Å². The summed E-state index contributed by atoms with van der Waals surface area (Å²) in [5.41, 5.74) is 7.37. The summed E-state index contributed by atoms with van der Waals surface area (Å²) in [6, 6.07) is 12.8. The van der Waals surface area contributed by atoms with Crippen LogP contribution in [0.4, 0.5) is 14.6 Å². The molecule has 0 aliphatic rings. The first kappa shape index (κ1) is 13.3. The predicted molar refractivity (Wildman–Crippen MR) is 76.8 cm³/mol. The third-order valence-electron chi connectivity index (χ3n) is 3.12. The summed E-state index contributed by atoms with van der Waals surface area (Å²) >= 11 is 0. The number of nitrogens with zero attached hydrogens (tertiary/aromatic N) is 1. The summed E-state index contributed by atoms with van der Waals surface area (Å²) in [7, 11) is 0. The summed E-state index contributed by atoms with van der Waals surface area (Å²) in [6.07, 6.45) is 0. The lowest BCUT2D eigenvalue weighted by Gasteiger charge is -2.09. The SMILES string of the molecule is Nc1nc2ccccc2cc1COc1ccc(F)c(F)c1. The highest BCUT2D eigenvalue weighted by molar-refractivity contribution is 5.81. The Kier molecular flexibility index (Phi) is 3.39. The van der Waals surface area contributed by atoms with Crippen molar-refractivity contribution in [2.45, 2.75) is 6.61 Å². The molecule has 5 heteroatoms. The zero-order valence-electron chi connectivity index (χ0n) is 11.0. The lowest BCUT2D eigenvalue weighted by Crippen LogP contribution is -2.03. The molecule has 2 aromatic carbocycles. The minimum absolute atomic E-state index is 0.134. The van der Waals surface area contributed by atoms with Crippen LogP contribution in [0, 0.1) is 11.6 Å². The molecule has 0 aliphatic heterocycles. The van der Waals surface area contributed by atoms with Crippen LogP contribution in [0.3, 0.4) is 0 Å². The fraction of sp³-hybridized carbons (Fsp3) is 0.0625. The van der Waals surface area contributed by atoms with Crippen molar-refractivity contribution in [1.82, 2.24) is 4.98 Å². The highest BCUT2D eigenvalue weighted by Gasteiger charge is 2.07. The third-order valence-corrected chi connectivity index (χ3v) is 3.12. The van der Waals surface area contributed by atoms with Gasteiger partial charge in [0.05, 0.1) is 5.52 Å².